The number of hydrogen-bond donors (Lipinski definition) is 0. The molecule has 0 fully saturated rings. The quantitative estimate of drug-likeness (QED) is 0.816. The number of nitrogens with zero attached hydrogens (tertiary/aromatic N) is 3. The van der Waals surface area contributed by atoms with Gasteiger partial charge in [-0.3, -0.25) is 9.36 Å². The molecule has 86 valence electrons. The Bertz CT molecular complexity index is 642. The van der Waals surface area contributed by atoms with Crippen molar-refractivity contribution in [3.63, 3.8) is 0 Å². The molecule has 0 atom stereocenters. The van der Waals surface area contributed by atoms with Crippen molar-refractivity contribution in [2.24, 2.45) is 0 Å². The highest BCUT2D eigenvalue weighted by Crippen LogP contribution is 2.18. The van der Waals surface area contributed by atoms with Gasteiger partial charge in [-0.05, 0) is 34.5 Å². The molecule has 0 unspecified atom stereocenters. The highest BCUT2D eigenvalue weighted by molar-refractivity contribution is 9.10. The maximum Gasteiger partial charge on any atom is 0.262 e. The standard InChI is InChI=1S/C12H10BrN3O/c13-9-4-3-5-10-11(9)12(17)16(8-15-10)7-2-1-6-14/h3-5,8H,1-2,7H2. The number of aromatic nitrogens is 2. The molecule has 1 heterocycles. The van der Waals surface area contributed by atoms with Gasteiger partial charge in [0.2, 0.25) is 0 Å². The summed E-state index contributed by atoms with van der Waals surface area (Å²) in [5, 5.41) is 9.06. The Hall–Kier alpha value is -1.67. The van der Waals surface area contributed by atoms with Crippen molar-refractivity contribution < 1.29 is 0 Å². The van der Waals surface area contributed by atoms with E-state index in [1.165, 1.54) is 6.33 Å². The van der Waals surface area contributed by atoms with E-state index < -0.39 is 0 Å². The lowest BCUT2D eigenvalue weighted by molar-refractivity contribution is 0.626. The summed E-state index contributed by atoms with van der Waals surface area (Å²) in [5.41, 5.74) is 0.612. The molecule has 0 saturated carbocycles. The summed E-state index contributed by atoms with van der Waals surface area (Å²) >= 11 is 3.36. The van der Waals surface area contributed by atoms with Crippen LogP contribution in [0.3, 0.4) is 0 Å². The van der Waals surface area contributed by atoms with E-state index >= 15 is 0 Å². The molecular formula is C12H10BrN3O. The van der Waals surface area contributed by atoms with E-state index in [1.54, 1.807) is 10.6 Å². The predicted octanol–water partition coefficient (Wildman–Crippen LogP) is 2.46. The van der Waals surface area contributed by atoms with Crippen molar-refractivity contribution in [2.75, 3.05) is 0 Å². The van der Waals surface area contributed by atoms with Crippen molar-refractivity contribution in [3.8, 4) is 6.07 Å². The molecule has 0 bridgehead atoms. The van der Waals surface area contributed by atoms with Gasteiger partial charge in [0.1, 0.15) is 0 Å². The summed E-state index contributed by atoms with van der Waals surface area (Å²) in [6.07, 6.45) is 2.64. The van der Waals surface area contributed by atoms with E-state index in [0.717, 1.165) is 4.47 Å². The third kappa shape index (κ3) is 2.37. The maximum atomic E-state index is 12.2. The molecule has 0 aliphatic rings. The summed E-state index contributed by atoms with van der Waals surface area (Å²) < 4.78 is 2.30. The van der Waals surface area contributed by atoms with Gasteiger partial charge in [-0.2, -0.15) is 5.26 Å². The summed E-state index contributed by atoms with van der Waals surface area (Å²) in [7, 11) is 0. The summed E-state index contributed by atoms with van der Waals surface area (Å²) in [4.78, 5) is 16.4. The fourth-order valence-corrected chi connectivity index (χ4v) is 2.17. The van der Waals surface area contributed by atoms with E-state index in [-0.39, 0.29) is 5.56 Å². The highest BCUT2D eigenvalue weighted by Gasteiger charge is 2.06. The van der Waals surface area contributed by atoms with Gasteiger partial charge < -0.3 is 0 Å². The Morgan fingerprint density at radius 1 is 1.47 bits per heavy atom. The van der Waals surface area contributed by atoms with Crippen molar-refractivity contribution in [2.45, 2.75) is 19.4 Å². The second-order valence-corrected chi connectivity index (χ2v) is 4.49. The van der Waals surface area contributed by atoms with Gasteiger partial charge in [-0.1, -0.05) is 6.07 Å². The third-order valence-electron chi connectivity index (χ3n) is 2.49. The van der Waals surface area contributed by atoms with Gasteiger partial charge in [0.05, 0.1) is 23.3 Å². The van der Waals surface area contributed by atoms with Gasteiger partial charge in [0, 0.05) is 17.4 Å². The largest absolute Gasteiger partial charge is 0.299 e. The van der Waals surface area contributed by atoms with Crippen LogP contribution in [-0.4, -0.2) is 9.55 Å². The van der Waals surface area contributed by atoms with Crippen LogP contribution in [0.5, 0.6) is 0 Å². The summed E-state index contributed by atoms with van der Waals surface area (Å²) in [6, 6.07) is 7.54. The number of aryl methyl sites for hydroxylation is 1. The Morgan fingerprint density at radius 2 is 2.29 bits per heavy atom. The zero-order valence-electron chi connectivity index (χ0n) is 9.06. The highest BCUT2D eigenvalue weighted by atomic mass is 79.9. The number of nitriles is 1. The third-order valence-corrected chi connectivity index (χ3v) is 3.15. The lowest BCUT2D eigenvalue weighted by Crippen LogP contribution is -2.20. The number of fused-ring (bicyclic) bond motifs is 1. The topological polar surface area (TPSA) is 58.7 Å². The maximum absolute atomic E-state index is 12.2. The van der Waals surface area contributed by atoms with Gasteiger partial charge in [0.25, 0.3) is 5.56 Å². The van der Waals surface area contributed by atoms with Crippen molar-refractivity contribution >= 4 is 26.8 Å². The molecular weight excluding hydrogens is 282 g/mol. The fourth-order valence-electron chi connectivity index (χ4n) is 1.65. The van der Waals surface area contributed by atoms with Gasteiger partial charge in [-0.25, -0.2) is 4.98 Å². The van der Waals surface area contributed by atoms with Gasteiger partial charge in [-0.15, -0.1) is 0 Å². The first-order valence-electron chi connectivity index (χ1n) is 5.24. The van der Waals surface area contributed by atoms with Crippen LogP contribution in [0, 0.1) is 11.3 Å². The Labute approximate surface area is 107 Å². The normalized spacial score (nSPS) is 10.4. The van der Waals surface area contributed by atoms with Gasteiger partial charge in [0.15, 0.2) is 0 Å². The van der Waals surface area contributed by atoms with Gasteiger partial charge >= 0.3 is 0 Å². The molecule has 0 N–H and O–H groups in total. The van der Waals surface area contributed by atoms with E-state index in [1.807, 2.05) is 12.1 Å². The molecule has 2 rings (SSSR count). The Kier molecular flexibility index (Phi) is 3.55. The molecule has 1 aromatic heterocycles. The zero-order chi connectivity index (χ0) is 12.3. The first-order valence-corrected chi connectivity index (χ1v) is 6.04. The van der Waals surface area contributed by atoms with Crippen LogP contribution in [0.1, 0.15) is 12.8 Å². The van der Waals surface area contributed by atoms with E-state index in [0.29, 0.717) is 30.3 Å². The van der Waals surface area contributed by atoms with Crippen LogP contribution in [0.25, 0.3) is 10.9 Å². The lowest BCUT2D eigenvalue weighted by atomic mass is 10.2. The van der Waals surface area contributed by atoms with E-state index in [2.05, 4.69) is 27.0 Å². The van der Waals surface area contributed by atoms with E-state index in [4.69, 9.17) is 5.26 Å². The van der Waals surface area contributed by atoms with Crippen molar-refractivity contribution in [3.05, 3.63) is 39.4 Å². The lowest BCUT2D eigenvalue weighted by Gasteiger charge is -2.05. The second-order valence-electron chi connectivity index (χ2n) is 3.64. The van der Waals surface area contributed by atoms with Crippen molar-refractivity contribution in [1.29, 1.82) is 5.26 Å². The second kappa shape index (κ2) is 5.11. The monoisotopic (exact) mass is 291 g/mol. The number of unbranched alkanes of at least 4 members (excludes halogenated alkanes) is 1. The SMILES string of the molecule is N#CCCCn1cnc2cccc(Br)c2c1=O. The van der Waals surface area contributed by atoms with Crippen LogP contribution in [0.4, 0.5) is 0 Å². The smallest absolute Gasteiger partial charge is 0.262 e. The first kappa shape index (κ1) is 11.8. The minimum atomic E-state index is -0.0691. The molecule has 0 aliphatic heterocycles. The van der Waals surface area contributed by atoms with Crippen LogP contribution < -0.4 is 5.56 Å². The molecule has 0 aliphatic carbocycles. The minimum Gasteiger partial charge on any atom is -0.299 e. The van der Waals surface area contributed by atoms with Crippen LogP contribution in [0.15, 0.2) is 33.8 Å². The Morgan fingerprint density at radius 3 is 3.06 bits per heavy atom. The molecule has 0 saturated heterocycles. The number of halogens is 1. The molecule has 5 heteroatoms. The zero-order valence-corrected chi connectivity index (χ0v) is 10.6. The van der Waals surface area contributed by atoms with Crippen LogP contribution >= 0.6 is 15.9 Å². The molecule has 17 heavy (non-hydrogen) atoms. The number of rotatable bonds is 3. The van der Waals surface area contributed by atoms with Crippen LogP contribution in [-0.2, 0) is 6.54 Å². The van der Waals surface area contributed by atoms with Crippen LogP contribution in [0.2, 0.25) is 0 Å². The Balaban J connectivity index is 2.47. The predicted molar refractivity (Wildman–Crippen MR) is 68.6 cm³/mol. The number of hydrogen-bond acceptors (Lipinski definition) is 3. The first-order chi connectivity index (χ1) is 8.24. The van der Waals surface area contributed by atoms with E-state index in [9.17, 15) is 4.79 Å². The number of benzene rings is 1. The summed E-state index contributed by atoms with van der Waals surface area (Å²) in [6.45, 7) is 0.524. The summed E-state index contributed by atoms with van der Waals surface area (Å²) in [5.74, 6) is 0. The average Bonchev–Trinajstić information content (AvgIpc) is 2.32. The molecule has 1 aromatic carbocycles. The molecule has 4 nitrogen and oxygen atoms in total. The molecule has 0 spiro atoms. The van der Waals surface area contributed by atoms with Crippen molar-refractivity contribution in [1.82, 2.24) is 9.55 Å². The molecule has 2 aromatic rings. The minimum absolute atomic E-state index is 0.0691. The molecule has 0 amide bonds. The molecule has 0 radical (unpaired) electrons. The average molecular weight is 292 g/mol. The fraction of sp³-hybridized carbons (Fsp3) is 0.250.